The third kappa shape index (κ3) is 2.67. The molecule has 0 bridgehead atoms. The van der Waals surface area contributed by atoms with Gasteiger partial charge in [0.2, 0.25) is 0 Å². The Hall–Kier alpha value is -1.15. The van der Waals surface area contributed by atoms with Gasteiger partial charge in [-0.25, -0.2) is 4.98 Å². The zero-order valence-corrected chi connectivity index (χ0v) is 9.64. The Kier molecular flexibility index (Phi) is 4.33. The van der Waals surface area contributed by atoms with E-state index in [1.165, 1.54) is 11.1 Å². The molecule has 1 aromatic carbocycles. The summed E-state index contributed by atoms with van der Waals surface area (Å²) in [4.78, 5) is 4.25. The highest BCUT2D eigenvalue weighted by Crippen LogP contribution is 2.19. The van der Waals surface area contributed by atoms with E-state index in [9.17, 15) is 0 Å². The molecule has 0 saturated heterocycles. The van der Waals surface area contributed by atoms with Gasteiger partial charge in [0.25, 0.3) is 0 Å². The lowest BCUT2D eigenvalue weighted by Crippen LogP contribution is -1.77. The molecule has 0 aliphatic carbocycles. The number of thiazole rings is 1. The molecule has 2 rings (SSSR count). The van der Waals surface area contributed by atoms with Crippen LogP contribution in [0.15, 0.2) is 35.2 Å². The normalized spacial score (nSPS) is 9.07. The molecule has 0 aliphatic rings. The van der Waals surface area contributed by atoms with Gasteiger partial charge < -0.3 is 0 Å². The predicted molar refractivity (Wildman–Crippen MR) is 63.6 cm³/mol. The van der Waals surface area contributed by atoms with Gasteiger partial charge in [0.1, 0.15) is 0 Å². The van der Waals surface area contributed by atoms with Crippen LogP contribution in [0.2, 0.25) is 0 Å². The zero-order chi connectivity index (χ0) is 10.4. The number of nitrogens with zero attached hydrogens (tertiary/aromatic N) is 1. The van der Waals surface area contributed by atoms with E-state index in [-0.39, 0.29) is 0 Å². The summed E-state index contributed by atoms with van der Waals surface area (Å²) in [5.41, 5.74) is 5.41. The summed E-state index contributed by atoms with van der Waals surface area (Å²) >= 11 is 1.63. The van der Waals surface area contributed by atoms with Crippen molar-refractivity contribution in [2.75, 3.05) is 0 Å². The maximum atomic E-state index is 4.25. The lowest BCUT2D eigenvalue weighted by Gasteiger charge is -1.96. The Balaban J connectivity index is 0.000000461. The second-order valence-electron chi connectivity index (χ2n) is 2.74. The van der Waals surface area contributed by atoms with Crippen molar-refractivity contribution < 1.29 is 0 Å². The highest BCUT2D eigenvalue weighted by Gasteiger charge is 1.97. The largest absolute Gasteiger partial charge is 0.245 e. The van der Waals surface area contributed by atoms with Gasteiger partial charge in [-0.1, -0.05) is 37.6 Å². The van der Waals surface area contributed by atoms with Gasteiger partial charge in [0, 0.05) is 10.9 Å². The van der Waals surface area contributed by atoms with E-state index in [2.05, 4.69) is 41.6 Å². The van der Waals surface area contributed by atoms with Gasteiger partial charge >= 0.3 is 0 Å². The Bertz CT molecular complexity index is 366. The van der Waals surface area contributed by atoms with E-state index in [1.54, 1.807) is 11.3 Å². The van der Waals surface area contributed by atoms with E-state index in [0.717, 1.165) is 5.69 Å². The molecular formula is C12H15NS. The molecule has 1 nitrogen and oxygen atoms in total. The second-order valence-corrected chi connectivity index (χ2v) is 3.46. The highest BCUT2D eigenvalue weighted by atomic mass is 32.1. The minimum absolute atomic E-state index is 1.07. The van der Waals surface area contributed by atoms with Crippen LogP contribution in [0.5, 0.6) is 0 Å². The molecule has 0 fully saturated rings. The van der Waals surface area contributed by atoms with E-state index >= 15 is 0 Å². The van der Waals surface area contributed by atoms with Crippen LogP contribution in [0.25, 0.3) is 11.3 Å². The summed E-state index contributed by atoms with van der Waals surface area (Å²) in [7, 11) is 0. The van der Waals surface area contributed by atoms with Gasteiger partial charge in [0.15, 0.2) is 0 Å². The summed E-state index contributed by atoms with van der Waals surface area (Å²) in [6.07, 6.45) is 0. The maximum Gasteiger partial charge on any atom is 0.0811 e. The van der Waals surface area contributed by atoms with E-state index in [0.29, 0.717) is 0 Å². The molecule has 14 heavy (non-hydrogen) atoms. The average Bonchev–Trinajstić information content (AvgIpc) is 2.74. The molecule has 0 amide bonds. The summed E-state index contributed by atoms with van der Waals surface area (Å²) in [5, 5.41) is 2.06. The summed E-state index contributed by atoms with van der Waals surface area (Å²) < 4.78 is 0. The van der Waals surface area contributed by atoms with Crippen molar-refractivity contribution >= 4 is 11.3 Å². The quantitative estimate of drug-likeness (QED) is 0.681. The topological polar surface area (TPSA) is 12.9 Å². The van der Waals surface area contributed by atoms with Crippen molar-refractivity contribution in [3.63, 3.8) is 0 Å². The molecule has 2 heteroatoms. The van der Waals surface area contributed by atoms with Gasteiger partial charge in [0.05, 0.1) is 11.2 Å². The molecule has 0 spiro atoms. The van der Waals surface area contributed by atoms with Crippen LogP contribution < -0.4 is 0 Å². The van der Waals surface area contributed by atoms with Gasteiger partial charge in [-0.05, 0) is 13.0 Å². The van der Waals surface area contributed by atoms with Crippen molar-refractivity contribution in [1.29, 1.82) is 0 Å². The number of aromatic nitrogens is 1. The third-order valence-electron chi connectivity index (χ3n) is 1.75. The first-order chi connectivity index (χ1) is 6.86. The Labute approximate surface area is 89.4 Å². The number of aryl methyl sites for hydroxylation is 1. The van der Waals surface area contributed by atoms with Crippen LogP contribution in [0.1, 0.15) is 19.4 Å². The van der Waals surface area contributed by atoms with Crippen molar-refractivity contribution in [1.82, 2.24) is 4.98 Å². The fraction of sp³-hybridized carbons (Fsp3) is 0.250. The molecule has 0 N–H and O–H groups in total. The van der Waals surface area contributed by atoms with Crippen molar-refractivity contribution in [3.8, 4) is 11.3 Å². The van der Waals surface area contributed by atoms with Crippen molar-refractivity contribution in [2.24, 2.45) is 0 Å². The molecule has 0 atom stereocenters. The average molecular weight is 205 g/mol. The smallest absolute Gasteiger partial charge is 0.0811 e. The summed E-state index contributed by atoms with van der Waals surface area (Å²) in [6.45, 7) is 6.09. The fourth-order valence-electron chi connectivity index (χ4n) is 1.16. The van der Waals surface area contributed by atoms with E-state index in [4.69, 9.17) is 0 Å². The van der Waals surface area contributed by atoms with Crippen molar-refractivity contribution in [2.45, 2.75) is 20.8 Å². The molecule has 0 radical (unpaired) electrons. The molecule has 74 valence electrons. The van der Waals surface area contributed by atoms with Gasteiger partial charge in [-0.2, -0.15) is 0 Å². The lowest BCUT2D eigenvalue weighted by atomic mass is 10.1. The SMILES string of the molecule is CC.Cc1cccc(-c2cscn2)c1. The first-order valence-corrected chi connectivity index (χ1v) is 5.76. The maximum absolute atomic E-state index is 4.25. The molecule has 0 aliphatic heterocycles. The summed E-state index contributed by atoms with van der Waals surface area (Å²) in [6, 6.07) is 8.39. The Morgan fingerprint density at radius 1 is 1.21 bits per heavy atom. The molecule has 2 aromatic rings. The number of hydrogen-bond donors (Lipinski definition) is 0. The van der Waals surface area contributed by atoms with Crippen LogP contribution >= 0.6 is 11.3 Å². The monoisotopic (exact) mass is 205 g/mol. The molecule has 0 unspecified atom stereocenters. The third-order valence-corrected chi connectivity index (χ3v) is 2.33. The number of hydrogen-bond acceptors (Lipinski definition) is 2. The Morgan fingerprint density at radius 2 is 2.00 bits per heavy atom. The van der Waals surface area contributed by atoms with Crippen LogP contribution in [-0.4, -0.2) is 4.98 Å². The first kappa shape index (κ1) is 10.9. The fourth-order valence-corrected chi connectivity index (χ4v) is 1.72. The molecule has 1 heterocycles. The van der Waals surface area contributed by atoms with Crippen molar-refractivity contribution in [3.05, 3.63) is 40.7 Å². The Morgan fingerprint density at radius 3 is 2.57 bits per heavy atom. The summed E-state index contributed by atoms with van der Waals surface area (Å²) in [5.74, 6) is 0. The number of rotatable bonds is 1. The molecule has 0 saturated carbocycles. The number of benzene rings is 1. The van der Waals surface area contributed by atoms with E-state index < -0.39 is 0 Å². The van der Waals surface area contributed by atoms with Crippen LogP contribution in [0.3, 0.4) is 0 Å². The van der Waals surface area contributed by atoms with Gasteiger partial charge in [-0.3, -0.25) is 0 Å². The van der Waals surface area contributed by atoms with Crippen LogP contribution in [-0.2, 0) is 0 Å². The molecular weight excluding hydrogens is 190 g/mol. The standard InChI is InChI=1S/C10H9NS.C2H6/c1-8-3-2-4-9(5-8)10-6-12-7-11-10;1-2/h2-7H,1H3;1-2H3. The highest BCUT2D eigenvalue weighted by molar-refractivity contribution is 7.07. The van der Waals surface area contributed by atoms with E-state index in [1.807, 2.05) is 19.4 Å². The van der Waals surface area contributed by atoms with Gasteiger partial charge in [-0.15, -0.1) is 11.3 Å². The first-order valence-electron chi connectivity index (χ1n) is 4.81. The second kappa shape index (κ2) is 5.55. The van der Waals surface area contributed by atoms with Crippen LogP contribution in [0, 0.1) is 6.92 Å². The molecule has 1 aromatic heterocycles. The lowest BCUT2D eigenvalue weighted by molar-refractivity contribution is 1.39. The zero-order valence-electron chi connectivity index (χ0n) is 8.82. The van der Waals surface area contributed by atoms with Crippen LogP contribution in [0.4, 0.5) is 0 Å². The predicted octanol–water partition coefficient (Wildman–Crippen LogP) is 4.14. The minimum atomic E-state index is 1.07. The minimum Gasteiger partial charge on any atom is -0.245 e.